The summed E-state index contributed by atoms with van der Waals surface area (Å²) in [5.41, 5.74) is 6.17. The zero-order valence-corrected chi connectivity index (χ0v) is 14.8. The summed E-state index contributed by atoms with van der Waals surface area (Å²) in [7, 11) is 0. The Balaban J connectivity index is 1.80. The second kappa shape index (κ2) is 6.93. The number of anilines is 3. The highest BCUT2D eigenvalue weighted by molar-refractivity contribution is 5.77. The van der Waals surface area contributed by atoms with Crippen molar-refractivity contribution in [1.29, 1.82) is 0 Å². The van der Waals surface area contributed by atoms with Crippen LogP contribution >= 0.6 is 0 Å². The average Bonchev–Trinajstić information content (AvgIpc) is 2.67. The molecular formula is C20H14F3N5O. The Bertz CT molecular complexity index is 1270. The molecule has 146 valence electrons. The van der Waals surface area contributed by atoms with Crippen molar-refractivity contribution in [2.45, 2.75) is 6.18 Å². The lowest BCUT2D eigenvalue weighted by molar-refractivity contribution is -0.137. The van der Waals surface area contributed by atoms with Gasteiger partial charge in [0.1, 0.15) is 0 Å². The molecule has 0 aliphatic carbocycles. The number of rotatable bonds is 3. The van der Waals surface area contributed by atoms with E-state index in [1.54, 1.807) is 30.3 Å². The molecule has 0 atom stereocenters. The van der Waals surface area contributed by atoms with Crippen LogP contribution < -0.4 is 16.6 Å². The second-order valence-electron chi connectivity index (χ2n) is 6.28. The normalized spacial score (nSPS) is 11.6. The van der Waals surface area contributed by atoms with Crippen molar-refractivity contribution in [2.24, 2.45) is 0 Å². The van der Waals surface area contributed by atoms with Crippen LogP contribution in [-0.4, -0.2) is 14.5 Å². The van der Waals surface area contributed by atoms with Gasteiger partial charge in [-0.2, -0.15) is 18.2 Å². The van der Waals surface area contributed by atoms with Gasteiger partial charge >= 0.3 is 6.18 Å². The van der Waals surface area contributed by atoms with Crippen LogP contribution in [0.3, 0.4) is 0 Å². The van der Waals surface area contributed by atoms with E-state index in [9.17, 15) is 18.0 Å². The molecule has 0 saturated carbocycles. The highest BCUT2D eigenvalue weighted by atomic mass is 19.4. The number of nitrogens with two attached hydrogens (primary N) is 1. The van der Waals surface area contributed by atoms with Gasteiger partial charge in [0.2, 0.25) is 5.95 Å². The predicted octanol–water partition coefficient (Wildman–Crippen LogP) is 4.13. The van der Waals surface area contributed by atoms with Gasteiger partial charge in [0.05, 0.1) is 11.3 Å². The van der Waals surface area contributed by atoms with E-state index in [2.05, 4.69) is 15.3 Å². The molecule has 29 heavy (non-hydrogen) atoms. The molecule has 0 bridgehead atoms. The lowest BCUT2D eigenvalue weighted by Crippen LogP contribution is -2.18. The molecule has 0 aliphatic rings. The summed E-state index contributed by atoms with van der Waals surface area (Å²) in [4.78, 5) is 21.0. The quantitative estimate of drug-likeness (QED) is 0.508. The zero-order valence-electron chi connectivity index (χ0n) is 14.8. The van der Waals surface area contributed by atoms with E-state index in [-0.39, 0.29) is 17.2 Å². The smallest absolute Gasteiger partial charge is 0.399 e. The molecule has 0 amide bonds. The van der Waals surface area contributed by atoms with E-state index in [1.165, 1.54) is 29.0 Å². The standard InChI is InChI=1S/C20H14F3N5O/c21-20(22,23)13-3-1-5-15(9-13)26-19-25-11-12-7-8-17(29)28(18(12)27-19)16-6-2-4-14(24)10-16/h1-11H,24H2,(H,25,26,27). The van der Waals surface area contributed by atoms with Gasteiger partial charge in [0, 0.05) is 29.0 Å². The van der Waals surface area contributed by atoms with Crippen molar-refractivity contribution in [2.75, 3.05) is 11.1 Å². The fourth-order valence-corrected chi connectivity index (χ4v) is 2.89. The Hall–Kier alpha value is -3.88. The monoisotopic (exact) mass is 397 g/mol. The van der Waals surface area contributed by atoms with Crippen molar-refractivity contribution in [3.63, 3.8) is 0 Å². The van der Waals surface area contributed by atoms with Gasteiger partial charge in [-0.1, -0.05) is 12.1 Å². The van der Waals surface area contributed by atoms with Gasteiger partial charge in [-0.05, 0) is 42.5 Å². The second-order valence-corrected chi connectivity index (χ2v) is 6.28. The number of benzene rings is 2. The van der Waals surface area contributed by atoms with Gasteiger partial charge in [-0.15, -0.1) is 0 Å². The van der Waals surface area contributed by atoms with E-state index in [0.717, 1.165) is 12.1 Å². The number of aromatic nitrogens is 3. The number of hydrogen-bond donors (Lipinski definition) is 2. The molecule has 6 nitrogen and oxygen atoms in total. The third kappa shape index (κ3) is 3.75. The Morgan fingerprint density at radius 3 is 2.55 bits per heavy atom. The fourth-order valence-electron chi connectivity index (χ4n) is 2.89. The summed E-state index contributed by atoms with van der Waals surface area (Å²) >= 11 is 0. The van der Waals surface area contributed by atoms with Crippen LogP contribution in [0.15, 0.2) is 71.7 Å². The molecule has 0 radical (unpaired) electrons. The maximum Gasteiger partial charge on any atom is 0.416 e. The minimum Gasteiger partial charge on any atom is -0.399 e. The molecule has 9 heteroatoms. The maximum absolute atomic E-state index is 12.9. The molecule has 0 fully saturated rings. The van der Waals surface area contributed by atoms with Gasteiger partial charge in [0.25, 0.3) is 5.56 Å². The maximum atomic E-state index is 12.9. The summed E-state index contributed by atoms with van der Waals surface area (Å²) in [6.07, 6.45) is -2.98. The summed E-state index contributed by atoms with van der Waals surface area (Å²) in [5, 5.41) is 3.34. The summed E-state index contributed by atoms with van der Waals surface area (Å²) < 4.78 is 40.1. The molecule has 0 aliphatic heterocycles. The van der Waals surface area contributed by atoms with E-state index < -0.39 is 11.7 Å². The topological polar surface area (TPSA) is 85.8 Å². The molecule has 0 unspecified atom stereocenters. The molecule has 0 saturated heterocycles. The average molecular weight is 397 g/mol. The van der Waals surface area contributed by atoms with Gasteiger partial charge in [0.15, 0.2) is 5.65 Å². The number of halogens is 3. The van der Waals surface area contributed by atoms with Crippen molar-refractivity contribution in [3.05, 3.63) is 82.8 Å². The number of alkyl halides is 3. The molecule has 2 aromatic heterocycles. The number of pyridine rings is 1. The SMILES string of the molecule is Nc1cccc(-n2c(=O)ccc3cnc(Nc4cccc(C(F)(F)F)c4)nc32)c1. The van der Waals surface area contributed by atoms with Crippen molar-refractivity contribution >= 4 is 28.4 Å². The third-order valence-corrected chi connectivity index (χ3v) is 4.21. The van der Waals surface area contributed by atoms with Crippen LogP contribution in [0.5, 0.6) is 0 Å². The Labute approximate surface area is 162 Å². The first kappa shape index (κ1) is 18.5. The lowest BCUT2D eigenvalue weighted by atomic mass is 10.2. The number of nitrogens with one attached hydrogen (secondary N) is 1. The van der Waals surface area contributed by atoms with Gasteiger partial charge < -0.3 is 11.1 Å². The van der Waals surface area contributed by atoms with Crippen LogP contribution in [0.4, 0.5) is 30.5 Å². The molecular weight excluding hydrogens is 383 g/mol. The van der Waals surface area contributed by atoms with Crippen LogP contribution in [0.1, 0.15) is 5.56 Å². The third-order valence-electron chi connectivity index (χ3n) is 4.21. The van der Waals surface area contributed by atoms with E-state index in [1.807, 2.05) is 0 Å². The minimum atomic E-state index is -4.46. The van der Waals surface area contributed by atoms with E-state index in [4.69, 9.17) is 5.73 Å². The van der Waals surface area contributed by atoms with E-state index >= 15 is 0 Å². The highest BCUT2D eigenvalue weighted by Gasteiger charge is 2.30. The fraction of sp³-hybridized carbons (Fsp3) is 0.0500. The highest BCUT2D eigenvalue weighted by Crippen LogP contribution is 2.31. The Morgan fingerprint density at radius 1 is 1.00 bits per heavy atom. The van der Waals surface area contributed by atoms with Gasteiger partial charge in [-0.25, -0.2) is 4.98 Å². The lowest BCUT2D eigenvalue weighted by Gasteiger charge is -2.12. The van der Waals surface area contributed by atoms with Crippen LogP contribution in [0.2, 0.25) is 0 Å². The summed E-state index contributed by atoms with van der Waals surface area (Å²) in [6.45, 7) is 0. The molecule has 2 aromatic carbocycles. The molecule has 3 N–H and O–H groups in total. The van der Waals surface area contributed by atoms with Crippen LogP contribution in [0, 0.1) is 0 Å². The minimum absolute atomic E-state index is 0.0556. The summed E-state index contributed by atoms with van der Waals surface area (Å²) in [6, 6.07) is 14.4. The number of fused-ring (bicyclic) bond motifs is 1. The summed E-state index contributed by atoms with van der Waals surface area (Å²) in [5.74, 6) is 0.0556. The number of nitrogens with zero attached hydrogens (tertiary/aromatic N) is 3. The zero-order chi connectivity index (χ0) is 20.6. The van der Waals surface area contributed by atoms with Crippen LogP contribution in [-0.2, 0) is 6.18 Å². The number of hydrogen-bond acceptors (Lipinski definition) is 5. The van der Waals surface area contributed by atoms with Crippen molar-refractivity contribution in [3.8, 4) is 5.69 Å². The number of nitrogen functional groups attached to an aromatic ring is 1. The predicted molar refractivity (Wildman–Crippen MR) is 104 cm³/mol. The first-order valence-electron chi connectivity index (χ1n) is 8.50. The van der Waals surface area contributed by atoms with Crippen molar-refractivity contribution in [1.82, 2.24) is 14.5 Å². The van der Waals surface area contributed by atoms with E-state index in [0.29, 0.717) is 22.4 Å². The first-order chi connectivity index (χ1) is 13.8. The first-order valence-corrected chi connectivity index (χ1v) is 8.50. The largest absolute Gasteiger partial charge is 0.416 e. The Morgan fingerprint density at radius 2 is 1.79 bits per heavy atom. The van der Waals surface area contributed by atoms with Crippen LogP contribution in [0.25, 0.3) is 16.7 Å². The molecule has 2 heterocycles. The molecule has 4 rings (SSSR count). The van der Waals surface area contributed by atoms with Crippen molar-refractivity contribution < 1.29 is 13.2 Å². The Kier molecular flexibility index (Phi) is 4.42. The molecule has 4 aromatic rings. The van der Waals surface area contributed by atoms with Gasteiger partial charge in [-0.3, -0.25) is 9.36 Å². The molecule has 0 spiro atoms.